The highest BCUT2D eigenvalue weighted by atomic mass is 16.4. The molecule has 2 aromatic carbocycles. The van der Waals surface area contributed by atoms with Gasteiger partial charge in [-0.1, -0.05) is 11.8 Å². The van der Waals surface area contributed by atoms with E-state index < -0.39 is 23.8 Å². The molecule has 32 heavy (non-hydrogen) atoms. The molecule has 2 amide bonds. The minimum Gasteiger partial charge on any atom is -0.478 e. The van der Waals surface area contributed by atoms with Crippen LogP contribution in [0.2, 0.25) is 0 Å². The van der Waals surface area contributed by atoms with Gasteiger partial charge in [0.2, 0.25) is 0 Å². The maximum absolute atomic E-state index is 12.4. The Hall–Kier alpha value is -4.12. The molecular weight excluding hydrogens is 412 g/mol. The summed E-state index contributed by atoms with van der Waals surface area (Å²) >= 11 is 0. The SMILES string of the molecule is CC(C)NC(=O)c1ccc(C#Cc2ccc(C(=O)O)c(C(=O)NC(C)C)c2)cc1C(=O)O. The molecule has 0 saturated carbocycles. The fraction of sp³-hybridized carbons (Fsp3) is 0.250. The van der Waals surface area contributed by atoms with Crippen LogP contribution in [0.1, 0.15) is 80.3 Å². The third kappa shape index (κ3) is 6.19. The number of amides is 2. The van der Waals surface area contributed by atoms with Crippen molar-refractivity contribution in [3.8, 4) is 11.8 Å². The summed E-state index contributed by atoms with van der Waals surface area (Å²) in [5.41, 5.74) is 0.386. The molecule has 8 nitrogen and oxygen atoms in total. The molecule has 0 radical (unpaired) electrons. The number of carboxylic acids is 2. The second-order valence-corrected chi connectivity index (χ2v) is 7.64. The van der Waals surface area contributed by atoms with Gasteiger partial charge in [0.15, 0.2) is 0 Å². The fourth-order valence-electron chi connectivity index (χ4n) is 2.82. The van der Waals surface area contributed by atoms with E-state index in [1.54, 1.807) is 27.7 Å². The smallest absolute Gasteiger partial charge is 0.336 e. The lowest BCUT2D eigenvalue weighted by molar-refractivity contribution is 0.0682. The quantitative estimate of drug-likeness (QED) is 0.515. The van der Waals surface area contributed by atoms with Crippen LogP contribution < -0.4 is 10.6 Å². The van der Waals surface area contributed by atoms with Gasteiger partial charge in [0.1, 0.15) is 0 Å². The number of carbonyl (C=O) groups excluding carboxylic acids is 2. The van der Waals surface area contributed by atoms with Crippen LogP contribution in [0.4, 0.5) is 0 Å². The van der Waals surface area contributed by atoms with Crippen LogP contribution in [0.3, 0.4) is 0 Å². The van der Waals surface area contributed by atoms with Crippen LogP contribution in [0.15, 0.2) is 36.4 Å². The molecule has 2 aromatic rings. The Labute approximate surface area is 185 Å². The normalized spacial score (nSPS) is 10.3. The molecule has 0 aliphatic carbocycles. The summed E-state index contributed by atoms with van der Waals surface area (Å²) in [7, 11) is 0. The lowest BCUT2D eigenvalue weighted by Gasteiger charge is -2.11. The molecule has 0 heterocycles. The molecule has 0 aliphatic rings. The summed E-state index contributed by atoms with van der Waals surface area (Å²) < 4.78 is 0. The van der Waals surface area contributed by atoms with Gasteiger partial charge in [-0.15, -0.1) is 0 Å². The first kappa shape index (κ1) is 24.2. The average molecular weight is 436 g/mol. The van der Waals surface area contributed by atoms with Crippen molar-refractivity contribution in [2.24, 2.45) is 0 Å². The van der Waals surface area contributed by atoms with Crippen molar-refractivity contribution in [1.82, 2.24) is 10.6 Å². The topological polar surface area (TPSA) is 133 Å². The molecule has 0 atom stereocenters. The van der Waals surface area contributed by atoms with E-state index in [2.05, 4.69) is 22.5 Å². The van der Waals surface area contributed by atoms with Crippen LogP contribution in [-0.2, 0) is 0 Å². The zero-order chi connectivity index (χ0) is 24.0. The predicted octanol–water partition coefficient (Wildman–Crippen LogP) is 2.76. The first-order chi connectivity index (χ1) is 15.0. The summed E-state index contributed by atoms with van der Waals surface area (Å²) in [5.74, 6) is 2.07. The van der Waals surface area contributed by atoms with E-state index in [-0.39, 0.29) is 34.3 Å². The number of benzene rings is 2. The van der Waals surface area contributed by atoms with E-state index >= 15 is 0 Å². The number of aromatic carboxylic acids is 2. The molecule has 0 unspecified atom stereocenters. The molecule has 166 valence electrons. The van der Waals surface area contributed by atoms with Crippen molar-refractivity contribution in [2.75, 3.05) is 0 Å². The minimum absolute atomic E-state index is 0.0232. The Morgan fingerprint density at radius 1 is 0.656 bits per heavy atom. The van der Waals surface area contributed by atoms with Gasteiger partial charge in [-0.2, -0.15) is 0 Å². The molecule has 0 bridgehead atoms. The van der Waals surface area contributed by atoms with Crippen LogP contribution in [0, 0.1) is 11.8 Å². The maximum Gasteiger partial charge on any atom is 0.336 e. The first-order valence-corrected chi connectivity index (χ1v) is 9.88. The van der Waals surface area contributed by atoms with Crippen LogP contribution >= 0.6 is 0 Å². The van der Waals surface area contributed by atoms with Crippen molar-refractivity contribution in [3.05, 3.63) is 69.8 Å². The number of carbonyl (C=O) groups is 4. The number of carboxylic acid groups (broad SMARTS) is 2. The molecule has 8 heteroatoms. The third-order valence-electron chi connectivity index (χ3n) is 4.18. The summed E-state index contributed by atoms with van der Waals surface area (Å²) in [5, 5.41) is 24.1. The van der Waals surface area contributed by atoms with Gasteiger partial charge in [0.05, 0.1) is 22.3 Å². The van der Waals surface area contributed by atoms with Crippen molar-refractivity contribution in [1.29, 1.82) is 0 Å². The molecule has 2 rings (SSSR count). The van der Waals surface area contributed by atoms with Gasteiger partial charge >= 0.3 is 11.9 Å². The Kier molecular flexibility index (Phi) is 7.75. The van der Waals surface area contributed by atoms with E-state index in [9.17, 15) is 29.4 Å². The zero-order valence-electron chi connectivity index (χ0n) is 18.1. The molecule has 0 aliphatic heterocycles. The van der Waals surface area contributed by atoms with Gasteiger partial charge in [-0.05, 0) is 64.1 Å². The number of hydrogen-bond acceptors (Lipinski definition) is 4. The highest BCUT2D eigenvalue weighted by Crippen LogP contribution is 2.15. The van der Waals surface area contributed by atoms with E-state index in [0.29, 0.717) is 11.1 Å². The van der Waals surface area contributed by atoms with Gasteiger partial charge in [0.25, 0.3) is 11.8 Å². The zero-order valence-corrected chi connectivity index (χ0v) is 18.1. The second-order valence-electron chi connectivity index (χ2n) is 7.64. The molecule has 0 spiro atoms. The van der Waals surface area contributed by atoms with E-state index in [1.165, 1.54) is 36.4 Å². The van der Waals surface area contributed by atoms with E-state index in [1.807, 2.05) is 0 Å². The van der Waals surface area contributed by atoms with Gasteiger partial charge < -0.3 is 20.8 Å². The largest absolute Gasteiger partial charge is 0.478 e. The Bertz CT molecular complexity index is 1140. The average Bonchev–Trinajstić information content (AvgIpc) is 2.70. The lowest BCUT2D eigenvalue weighted by Crippen LogP contribution is -2.31. The van der Waals surface area contributed by atoms with E-state index in [4.69, 9.17) is 0 Å². The Morgan fingerprint density at radius 2 is 1.06 bits per heavy atom. The molecular formula is C24H24N2O6. The first-order valence-electron chi connectivity index (χ1n) is 9.88. The lowest BCUT2D eigenvalue weighted by atomic mass is 10.0. The van der Waals surface area contributed by atoms with Crippen molar-refractivity contribution < 1.29 is 29.4 Å². The van der Waals surface area contributed by atoms with Gasteiger partial charge in [0, 0.05) is 23.2 Å². The summed E-state index contributed by atoms with van der Waals surface area (Å²) in [4.78, 5) is 47.7. The summed E-state index contributed by atoms with van der Waals surface area (Å²) in [6.45, 7) is 7.05. The minimum atomic E-state index is -1.26. The van der Waals surface area contributed by atoms with Crippen LogP contribution in [0.5, 0.6) is 0 Å². The third-order valence-corrected chi connectivity index (χ3v) is 4.18. The van der Waals surface area contributed by atoms with Crippen LogP contribution in [0.25, 0.3) is 0 Å². The molecule has 0 saturated heterocycles. The van der Waals surface area contributed by atoms with Crippen molar-refractivity contribution >= 4 is 23.8 Å². The maximum atomic E-state index is 12.4. The number of nitrogens with one attached hydrogen (secondary N) is 2. The predicted molar refractivity (Wildman–Crippen MR) is 118 cm³/mol. The molecule has 0 fully saturated rings. The number of rotatable bonds is 6. The monoisotopic (exact) mass is 436 g/mol. The number of hydrogen-bond donors (Lipinski definition) is 4. The fourth-order valence-corrected chi connectivity index (χ4v) is 2.82. The highest BCUT2D eigenvalue weighted by molar-refractivity contribution is 6.06. The van der Waals surface area contributed by atoms with Gasteiger partial charge in [-0.25, -0.2) is 9.59 Å². The highest BCUT2D eigenvalue weighted by Gasteiger charge is 2.19. The van der Waals surface area contributed by atoms with Crippen molar-refractivity contribution in [3.63, 3.8) is 0 Å². The summed E-state index contributed by atoms with van der Waals surface area (Å²) in [6.07, 6.45) is 0. The van der Waals surface area contributed by atoms with Gasteiger partial charge in [-0.3, -0.25) is 9.59 Å². The molecule has 0 aromatic heterocycles. The Balaban J connectivity index is 2.43. The second kappa shape index (κ2) is 10.3. The standard InChI is InChI=1S/C24H24N2O6/c1-13(2)25-21(27)17-9-7-16(12-20(17)24(31)32)6-5-15-8-10-18(23(29)30)19(11-15)22(28)26-14(3)4/h7-14H,1-4H3,(H,25,27)(H,26,28)(H,29,30)(H,31,32). The van der Waals surface area contributed by atoms with E-state index in [0.717, 1.165) is 0 Å². The summed E-state index contributed by atoms with van der Waals surface area (Å²) in [6, 6.07) is 8.00. The van der Waals surface area contributed by atoms with Crippen molar-refractivity contribution in [2.45, 2.75) is 39.8 Å². The molecule has 4 N–H and O–H groups in total. The Morgan fingerprint density at radius 3 is 1.50 bits per heavy atom. The van der Waals surface area contributed by atoms with Crippen LogP contribution in [-0.4, -0.2) is 46.0 Å².